The standard InChI is InChI=1S/C14H16FNO2S/c15-13-6-4-5-12-11(10-19(17,18)14(12)13)9-16-7-2-1-3-8-16/h4-6,10H,1-3,7-9H2. The number of rotatable bonds is 2. The van der Waals surface area contributed by atoms with Crippen molar-refractivity contribution in [2.45, 2.75) is 24.2 Å². The maximum absolute atomic E-state index is 13.7. The van der Waals surface area contributed by atoms with Crippen molar-refractivity contribution in [3.05, 3.63) is 35.0 Å². The molecule has 5 heteroatoms. The van der Waals surface area contributed by atoms with E-state index in [1.807, 2.05) is 0 Å². The third-order valence-electron chi connectivity index (χ3n) is 3.74. The summed E-state index contributed by atoms with van der Waals surface area (Å²) in [7, 11) is -3.60. The molecule has 102 valence electrons. The predicted octanol–water partition coefficient (Wildman–Crippen LogP) is 2.44. The van der Waals surface area contributed by atoms with Gasteiger partial charge in [0.25, 0.3) is 0 Å². The summed E-state index contributed by atoms with van der Waals surface area (Å²) in [6.45, 7) is 2.57. The number of hydrogen-bond acceptors (Lipinski definition) is 3. The molecule has 0 unspecified atom stereocenters. The number of halogens is 1. The summed E-state index contributed by atoms with van der Waals surface area (Å²) in [5.41, 5.74) is 1.25. The van der Waals surface area contributed by atoms with Crippen molar-refractivity contribution in [2.24, 2.45) is 0 Å². The lowest BCUT2D eigenvalue weighted by Gasteiger charge is -2.26. The summed E-state index contributed by atoms with van der Waals surface area (Å²) >= 11 is 0. The molecule has 0 radical (unpaired) electrons. The van der Waals surface area contributed by atoms with Gasteiger partial charge in [-0.25, -0.2) is 12.8 Å². The van der Waals surface area contributed by atoms with Crippen LogP contribution in [-0.2, 0) is 9.84 Å². The Morgan fingerprint density at radius 2 is 1.89 bits per heavy atom. The Hall–Kier alpha value is -1.20. The SMILES string of the molecule is O=S1(=O)C=C(CN2CCCCC2)c2cccc(F)c21. The van der Waals surface area contributed by atoms with Crippen LogP contribution in [0.3, 0.4) is 0 Å². The van der Waals surface area contributed by atoms with Crippen LogP contribution < -0.4 is 0 Å². The van der Waals surface area contributed by atoms with Crippen LogP contribution in [0.2, 0.25) is 0 Å². The van der Waals surface area contributed by atoms with Gasteiger partial charge in [-0.3, -0.25) is 4.90 Å². The first-order valence-corrected chi connectivity index (χ1v) is 8.09. The summed E-state index contributed by atoms with van der Waals surface area (Å²) in [4.78, 5) is 2.09. The summed E-state index contributed by atoms with van der Waals surface area (Å²) in [5, 5.41) is 1.23. The largest absolute Gasteiger partial charge is 0.299 e. The number of fused-ring (bicyclic) bond motifs is 1. The number of sulfone groups is 1. The Bertz CT molecular complexity index is 631. The van der Waals surface area contributed by atoms with Gasteiger partial charge in [-0.15, -0.1) is 0 Å². The Morgan fingerprint density at radius 1 is 1.16 bits per heavy atom. The highest BCUT2D eigenvalue weighted by atomic mass is 32.2. The molecule has 1 fully saturated rings. The van der Waals surface area contributed by atoms with Gasteiger partial charge in [-0.2, -0.15) is 0 Å². The van der Waals surface area contributed by atoms with Crippen molar-refractivity contribution in [1.82, 2.24) is 4.90 Å². The molecule has 0 N–H and O–H groups in total. The first-order chi connectivity index (χ1) is 9.08. The number of nitrogens with zero attached hydrogens (tertiary/aromatic N) is 1. The zero-order valence-corrected chi connectivity index (χ0v) is 11.4. The van der Waals surface area contributed by atoms with Crippen LogP contribution in [0.5, 0.6) is 0 Å². The Morgan fingerprint density at radius 3 is 2.63 bits per heavy atom. The molecule has 0 amide bonds. The number of benzene rings is 1. The number of piperidine rings is 1. The van der Waals surface area contributed by atoms with E-state index >= 15 is 0 Å². The molecule has 0 saturated carbocycles. The van der Waals surface area contributed by atoms with Crippen molar-refractivity contribution >= 4 is 15.4 Å². The Balaban J connectivity index is 1.94. The van der Waals surface area contributed by atoms with E-state index in [0.29, 0.717) is 12.1 Å². The molecule has 3 nitrogen and oxygen atoms in total. The molecule has 0 bridgehead atoms. The minimum Gasteiger partial charge on any atom is -0.299 e. The molecular formula is C14H16FNO2S. The molecule has 1 aromatic carbocycles. The predicted molar refractivity (Wildman–Crippen MR) is 71.9 cm³/mol. The van der Waals surface area contributed by atoms with Gasteiger partial charge < -0.3 is 0 Å². The quantitative estimate of drug-likeness (QED) is 0.835. The summed E-state index contributed by atoms with van der Waals surface area (Å²) in [6, 6.07) is 4.46. The van der Waals surface area contributed by atoms with E-state index in [1.54, 1.807) is 12.1 Å². The lowest BCUT2D eigenvalue weighted by atomic mass is 10.1. The van der Waals surface area contributed by atoms with Crippen LogP contribution in [-0.4, -0.2) is 33.0 Å². The molecule has 2 aliphatic rings. The number of likely N-dealkylation sites (tertiary alicyclic amines) is 1. The average Bonchev–Trinajstić information content (AvgIpc) is 2.63. The van der Waals surface area contributed by atoms with Crippen molar-refractivity contribution in [1.29, 1.82) is 0 Å². The third-order valence-corrected chi connectivity index (χ3v) is 5.32. The average molecular weight is 281 g/mol. The second kappa shape index (κ2) is 4.72. The molecule has 2 aliphatic heterocycles. The van der Waals surface area contributed by atoms with E-state index in [1.165, 1.54) is 17.9 Å². The van der Waals surface area contributed by atoms with Crippen molar-refractivity contribution in [2.75, 3.05) is 19.6 Å². The summed E-state index contributed by atoms with van der Waals surface area (Å²) in [5.74, 6) is -0.651. The van der Waals surface area contributed by atoms with Crippen LogP contribution in [0.4, 0.5) is 4.39 Å². The molecule has 0 aromatic heterocycles. The van der Waals surface area contributed by atoms with Crippen LogP contribution >= 0.6 is 0 Å². The first-order valence-electron chi connectivity index (χ1n) is 6.55. The molecule has 0 aliphatic carbocycles. The highest BCUT2D eigenvalue weighted by Gasteiger charge is 2.30. The maximum Gasteiger partial charge on any atom is 0.203 e. The van der Waals surface area contributed by atoms with E-state index in [9.17, 15) is 12.8 Å². The minimum atomic E-state index is -3.60. The third kappa shape index (κ3) is 2.32. The van der Waals surface area contributed by atoms with Gasteiger partial charge in [0.05, 0.1) is 0 Å². The number of hydrogen-bond donors (Lipinski definition) is 0. The molecule has 2 heterocycles. The monoisotopic (exact) mass is 281 g/mol. The topological polar surface area (TPSA) is 37.4 Å². The van der Waals surface area contributed by atoms with Gasteiger partial charge in [0, 0.05) is 17.5 Å². The Labute approximate surface area is 112 Å². The minimum absolute atomic E-state index is 0.151. The first kappa shape index (κ1) is 12.8. The second-order valence-corrected chi connectivity index (χ2v) is 6.88. The van der Waals surface area contributed by atoms with Crippen LogP contribution in [0.15, 0.2) is 28.5 Å². The fourth-order valence-electron chi connectivity index (χ4n) is 2.84. The highest BCUT2D eigenvalue weighted by Crippen LogP contribution is 2.35. The van der Waals surface area contributed by atoms with E-state index in [-0.39, 0.29) is 4.90 Å². The van der Waals surface area contributed by atoms with Crippen LogP contribution in [0.25, 0.3) is 5.57 Å². The van der Waals surface area contributed by atoms with Crippen molar-refractivity contribution in [3.8, 4) is 0 Å². The summed E-state index contributed by atoms with van der Waals surface area (Å²) < 4.78 is 37.7. The van der Waals surface area contributed by atoms with E-state index in [0.717, 1.165) is 31.5 Å². The van der Waals surface area contributed by atoms with Gasteiger partial charge in [-0.1, -0.05) is 18.6 Å². The highest BCUT2D eigenvalue weighted by molar-refractivity contribution is 7.95. The lowest BCUT2D eigenvalue weighted by Crippen LogP contribution is -2.30. The van der Waals surface area contributed by atoms with Crippen molar-refractivity contribution in [3.63, 3.8) is 0 Å². The molecule has 0 atom stereocenters. The Kier molecular flexibility index (Phi) is 3.19. The smallest absolute Gasteiger partial charge is 0.203 e. The van der Waals surface area contributed by atoms with Gasteiger partial charge in [0.1, 0.15) is 10.7 Å². The fraction of sp³-hybridized carbons (Fsp3) is 0.429. The van der Waals surface area contributed by atoms with Gasteiger partial charge >= 0.3 is 0 Å². The van der Waals surface area contributed by atoms with Crippen LogP contribution in [0, 0.1) is 5.82 Å². The van der Waals surface area contributed by atoms with Crippen LogP contribution in [0.1, 0.15) is 24.8 Å². The van der Waals surface area contributed by atoms with Gasteiger partial charge in [0.15, 0.2) is 0 Å². The van der Waals surface area contributed by atoms with Gasteiger partial charge in [-0.05, 0) is 37.6 Å². The summed E-state index contributed by atoms with van der Waals surface area (Å²) in [6.07, 6.45) is 3.53. The lowest BCUT2D eigenvalue weighted by molar-refractivity contribution is 0.255. The zero-order valence-electron chi connectivity index (χ0n) is 10.6. The second-order valence-electron chi connectivity index (χ2n) is 5.14. The fourth-order valence-corrected chi connectivity index (χ4v) is 4.38. The molecule has 1 aromatic rings. The van der Waals surface area contributed by atoms with E-state index < -0.39 is 15.7 Å². The van der Waals surface area contributed by atoms with E-state index in [4.69, 9.17) is 0 Å². The normalized spacial score (nSPS) is 22.1. The van der Waals surface area contributed by atoms with Crippen molar-refractivity contribution < 1.29 is 12.8 Å². The van der Waals surface area contributed by atoms with Gasteiger partial charge in [0.2, 0.25) is 9.84 Å². The molecule has 3 rings (SSSR count). The molecular weight excluding hydrogens is 265 g/mol. The molecule has 0 spiro atoms. The zero-order chi connectivity index (χ0) is 13.5. The van der Waals surface area contributed by atoms with E-state index in [2.05, 4.69) is 4.90 Å². The molecule has 1 saturated heterocycles. The maximum atomic E-state index is 13.7. The molecule has 19 heavy (non-hydrogen) atoms.